The zero-order valence-corrected chi connectivity index (χ0v) is 14.4. The summed E-state index contributed by atoms with van der Waals surface area (Å²) in [4.78, 5) is 10.3. The molecule has 0 unspecified atom stereocenters. The molecule has 0 radical (unpaired) electrons. The van der Waals surface area contributed by atoms with Crippen LogP contribution in [-0.4, -0.2) is 4.92 Å². The van der Waals surface area contributed by atoms with Crippen LogP contribution in [0.4, 0.5) is 5.69 Å². The van der Waals surface area contributed by atoms with E-state index < -0.39 is 4.92 Å². The second kappa shape index (κ2) is 8.45. The molecule has 3 aromatic carbocycles. The van der Waals surface area contributed by atoms with Crippen molar-refractivity contribution in [1.29, 1.82) is 5.26 Å². The van der Waals surface area contributed by atoms with Crippen molar-refractivity contribution in [3.05, 3.63) is 106 Å². The van der Waals surface area contributed by atoms with Crippen LogP contribution in [0, 0.1) is 21.4 Å². The van der Waals surface area contributed by atoms with E-state index in [0.29, 0.717) is 17.7 Å². The van der Waals surface area contributed by atoms with Crippen molar-refractivity contribution in [2.45, 2.75) is 6.61 Å². The zero-order chi connectivity index (χ0) is 19.1. The molecule has 132 valence electrons. The van der Waals surface area contributed by atoms with Crippen molar-refractivity contribution in [1.82, 2.24) is 0 Å². The monoisotopic (exact) mass is 356 g/mol. The minimum Gasteiger partial charge on any atom is -0.489 e. The highest BCUT2D eigenvalue weighted by Crippen LogP contribution is 2.22. The van der Waals surface area contributed by atoms with Gasteiger partial charge < -0.3 is 4.74 Å². The standard InChI is InChI=1S/C22H16N2O3/c23-15-20(19-8-10-21(11-9-19)24(25)26)14-17-6-12-22(13-7-17)27-16-18-4-2-1-3-5-18/h1-14H,16H2. The van der Waals surface area contributed by atoms with Gasteiger partial charge in [0.2, 0.25) is 0 Å². The van der Waals surface area contributed by atoms with Crippen LogP contribution < -0.4 is 4.74 Å². The van der Waals surface area contributed by atoms with Crippen molar-refractivity contribution in [3.8, 4) is 11.8 Å². The minimum absolute atomic E-state index is 0.00374. The number of hydrogen-bond donors (Lipinski definition) is 0. The molecule has 0 amide bonds. The summed E-state index contributed by atoms with van der Waals surface area (Å²) in [6.45, 7) is 0.488. The maximum atomic E-state index is 10.7. The predicted molar refractivity (Wildman–Crippen MR) is 104 cm³/mol. The highest BCUT2D eigenvalue weighted by molar-refractivity contribution is 5.89. The molecule has 0 atom stereocenters. The topological polar surface area (TPSA) is 76.2 Å². The Bertz CT molecular complexity index is 986. The predicted octanol–water partition coefficient (Wildman–Crippen LogP) is 5.24. The van der Waals surface area contributed by atoms with Crippen LogP contribution in [0.3, 0.4) is 0 Å². The molecule has 0 heterocycles. The Morgan fingerprint density at radius 3 is 2.26 bits per heavy atom. The van der Waals surface area contributed by atoms with Crippen molar-refractivity contribution < 1.29 is 9.66 Å². The minimum atomic E-state index is -0.465. The van der Waals surface area contributed by atoms with Gasteiger partial charge in [0, 0.05) is 12.1 Å². The number of nitro benzene ring substituents is 1. The van der Waals surface area contributed by atoms with Gasteiger partial charge in [0.25, 0.3) is 5.69 Å². The third-order valence-electron chi connectivity index (χ3n) is 3.95. The molecule has 5 nitrogen and oxygen atoms in total. The van der Waals surface area contributed by atoms with Gasteiger partial charge in [0.15, 0.2) is 0 Å². The number of hydrogen-bond acceptors (Lipinski definition) is 4. The Morgan fingerprint density at radius 1 is 1.00 bits per heavy atom. The quantitative estimate of drug-likeness (QED) is 0.262. The largest absolute Gasteiger partial charge is 0.489 e. The molecular formula is C22H16N2O3. The Labute approximate surface area is 156 Å². The maximum Gasteiger partial charge on any atom is 0.269 e. The van der Waals surface area contributed by atoms with E-state index in [1.165, 1.54) is 12.1 Å². The van der Waals surface area contributed by atoms with E-state index in [2.05, 4.69) is 6.07 Å². The average molecular weight is 356 g/mol. The highest BCUT2D eigenvalue weighted by Gasteiger charge is 2.07. The van der Waals surface area contributed by atoms with Crippen LogP contribution in [0.15, 0.2) is 78.9 Å². The van der Waals surface area contributed by atoms with Gasteiger partial charge in [0.05, 0.1) is 16.6 Å². The molecule has 27 heavy (non-hydrogen) atoms. The first-order chi connectivity index (χ1) is 13.2. The lowest BCUT2D eigenvalue weighted by Crippen LogP contribution is -1.94. The summed E-state index contributed by atoms with van der Waals surface area (Å²) in [5.41, 5.74) is 3.00. The molecule has 0 bridgehead atoms. The Kier molecular flexibility index (Phi) is 5.60. The second-order valence-electron chi connectivity index (χ2n) is 5.82. The number of non-ortho nitro benzene ring substituents is 1. The van der Waals surface area contributed by atoms with Crippen molar-refractivity contribution >= 4 is 17.3 Å². The summed E-state index contributed by atoms with van der Waals surface area (Å²) in [6.07, 6.45) is 1.74. The van der Waals surface area contributed by atoms with Crippen LogP contribution in [-0.2, 0) is 6.61 Å². The smallest absolute Gasteiger partial charge is 0.269 e. The summed E-state index contributed by atoms with van der Waals surface area (Å²) in [7, 11) is 0. The molecule has 0 aliphatic rings. The van der Waals surface area contributed by atoms with E-state index >= 15 is 0 Å². The number of benzene rings is 3. The van der Waals surface area contributed by atoms with Crippen LogP contribution >= 0.6 is 0 Å². The lowest BCUT2D eigenvalue weighted by atomic mass is 10.0. The van der Waals surface area contributed by atoms with Crippen molar-refractivity contribution in [2.24, 2.45) is 0 Å². The fraction of sp³-hybridized carbons (Fsp3) is 0.0455. The molecule has 5 heteroatoms. The van der Waals surface area contributed by atoms with Gasteiger partial charge in [0.1, 0.15) is 12.4 Å². The number of allylic oxidation sites excluding steroid dienone is 1. The van der Waals surface area contributed by atoms with Gasteiger partial charge in [-0.25, -0.2) is 0 Å². The SMILES string of the molecule is N#CC(=Cc1ccc(OCc2ccccc2)cc1)c1ccc([N+](=O)[O-])cc1. The summed E-state index contributed by atoms with van der Waals surface area (Å²) in [6, 6.07) is 25.4. The van der Waals surface area contributed by atoms with Gasteiger partial charge in [-0.15, -0.1) is 0 Å². The molecule has 0 aliphatic carbocycles. The number of ether oxygens (including phenoxy) is 1. The normalized spacial score (nSPS) is 10.9. The molecule has 3 aromatic rings. The molecule has 0 saturated carbocycles. The van der Waals surface area contributed by atoms with E-state index in [-0.39, 0.29) is 5.69 Å². The number of nitro groups is 1. The summed E-state index contributed by atoms with van der Waals surface area (Å²) >= 11 is 0. The number of nitriles is 1. The molecule has 0 spiro atoms. The van der Waals surface area contributed by atoms with Gasteiger partial charge in [-0.1, -0.05) is 42.5 Å². The van der Waals surface area contributed by atoms with Gasteiger partial charge in [-0.3, -0.25) is 10.1 Å². The molecule has 0 aliphatic heterocycles. The van der Waals surface area contributed by atoms with Crippen molar-refractivity contribution in [3.63, 3.8) is 0 Å². The molecular weight excluding hydrogens is 340 g/mol. The third-order valence-corrected chi connectivity index (χ3v) is 3.95. The van der Waals surface area contributed by atoms with E-state index in [1.807, 2.05) is 54.6 Å². The summed E-state index contributed by atoms with van der Waals surface area (Å²) < 4.78 is 5.75. The first-order valence-corrected chi connectivity index (χ1v) is 8.29. The highest BCUT2D eigenvalue weighted by atomic mass is 16.6. The fourth-order valence-electron chi connectivity index (χ4n) is 2.51. The van der Waals surface area contributed by atoms with E-state index in [4.69, 9.17) is 4.74 Å². The van der Waals surface area contributed by atoms with Crippen LogP contribution in [0.25, 0.3) is 11.6 Å². The number of rotatable bonds is 6. The van der Waals surface area contributed by atoms with Crippen LogP contribution in [0.5, 0.6) is 5.75 Å². The molecule has 0 aromatic heterocycles. The van der Waals surface area contributed by atoms with E-state index in [9.17, 15) is 15.4 Å². The van der Waals surface area contributed by atoms with Crippen LogP contribution in [0.2, 0.25) is 0 Å². The maximum absolute atomic E-state index is 10.7. The van der Waals surface area contributed by atoms with Gasteiger partial charge >= 0.3 is 0 Å². The second-order valence-corrected chi connectivity index (χ2v) is 5.82. The molecule has 0 fully saturated rings. The average Bonchev–Trinajstić information content (AvgIpc) is 2.72. The van der Waals surface area contributed by atoms with E-state index in [0.717, 1.165) is 16.9 Å². The fourth-order valence-corrected chi connectivity index (χ4v) is 2.51. The Balaban J connectivity index is 1.71. The first-order valence-electron chi connectivity index (χ1n) is 8.29. The molecule has 0 N–H and O–H groups in total. The first kappa shape index (κ1) is 17.9. The van der Waals surface area contributed by atoms with Gasteiger partial charge in [-0.2, -0.15) is 5.26 Å². The summed E-state index contributed by atoms with van der Waals surface area (Å²) in [5.74, 6) is 0.741. The lowest BCUT2D eigenvalue weighted by molar-refractivity contribution is -0.384. The van der Waals surface area contributed by atoms with E-state index in [1.54, 1.807) is 18.2 Å². The Hall–Kier alpha value is -3.91. The van der Waals surface area contributed by atoms with Crippen LogP contribution in [0.1, 0.15) is 16.7 Å². The summed E-state index contributed by atoms with van der Waals surface area (Å²) in [5, 5.41) is 20.1. The third kappa shape index (κ3) is 4.80. The van der Waals surface area contributed by atoms with Gasteiger partial charge in [-0.05, 0) is 47.0 Å². The molecule has 3 rings (SSSR count). The zero-order valence-electron chi connectivity index (χ0n) is 14.4. The van der Waals surface area contributed by atoms with Crippen molar-refractivity contribution in [2.75, 3.05) is 0 Å². The number of nitrogens with zero attached hydrogens (tertiary/aromatic N) is 2. The Morgan fingerprint density at radius 2 is 1.67 bits per heavy atom. The molecule has 0 saturated heterocycles. The lowest BCUT2D eigenvalue weighted by Gasteiger charge is -2.06.